The van der Waals surface area contributed by atoms with E-state index in [1.54, 1.807) is 0 Å². The molecule has 0 atom stereocenters. The fourth-order valence-corrected chi connectivity index (χ4v) is 2.85. The summed E-state index contributed by atoms with van der Waals surface area (Å²) in [5, 5.41) is 0. The number of nitrogen functional groups attached to an aromatic ring is 1. The van der Waals surface area contributed by atoms with E-state index in [0.717, 1.165) is 23.7 Å². The van der Waals surface area contributed by atoms with Crippen LogP contribution in [-0.2, 0) is 0 Å². The maximum absolute atomic E-state index is 5.99. The van der Waals surface area contributed by atoms with Gasteiger partial charge in [0, 0.05) is 6.20 Å². The minimum absolute atomic E-state index is 0.693. The molecule has 2 heterocycles. The first-order chi connectivity index (χ1) is 9.25. The van der Waals surface area contributed by atoms with Crippen LogP contribution in [0.1, 0.15) is 37.8 Å². The molecular formula is C15H21N3O. The first-order valence-corrected chi connectivity index (χ1v) is 7.11. The molecule has 4 nitrogen and oxygen atoms in total. The van der Waals surface area contributed by atoms with Gasteiger partial charge in [-0.2, -0.15) is 0 Å². The Morgan fingerprint density at radius 3 is 2.95 bits per heavy atom. The lowest BCUT2D eigenvalue weighted by atomic mass is 9.90. The van der Waals surface area contributed by atoms with Crippen molar-refractivity contribution >= 4 is 11.5 Å². The summed E-state index contributed by atoms with van der Waals surface area (Å²) in [5.41, 5.74) is 7.67. The number of hydrogen-bond donors (Lipinski definition) is 1. The van der Waals surface area contributed by atoms with E-state index >= 15 is 0 Å². The van der Waals surface area contributed by atoms with Crippen molar-refractivity contribution in [3.63, 3.8) is 0 Å². The predicted octanol–water partition coefficient (Wildman–Crippen LogP) is 3.18. The molecule has 1 saturated carbocycles. The van der Waals surface area contributed by atoms with E-state index in [2.05, 4.69) is 4.98 Å². The van der Waals surface area contributed by atoms with Crippen LogP contribution in [0.5, 0.6) is 5.75 Å². The van der Waals surface area contributed by atoms with Crippen LogP contribution in [0.4, 0.5) is 5.82 Å². The van der Waals surface area contributed by atoms with E-state index in [4.69, 9.17) is 10.5 Å². The van der Waals surface area contributed by atoms with Crippen molar-refractivity contribution in [3.05, 3.63) is 24.0 Å². The lowest BCUT2D eigenvalue weighted by molar-refractivity contribution is 0.210. The first kappa shape index (κ1) is 12.3. The van der Waals surface area contributed by atoms with Crippen molar-refractivity contribution in [1.29, 1.82) is 0 Å². The molecule has 2 aromatic rings. The average Bonchev–Trinajstić information content (AvgIpc) is 2.74. The second-order valence-electron chi connectivity index (χ2n) is 5.46. The van der Waals surface area contributed by atoms with Crippen LogP contribution in [0.25, 0.3) is 5.65 Å². The van der Waals surface area contributed by atoms with Crippen LogP contribution >= 0.6 is 0 Å². The largest absolute Gasteiger partial charge is 0.489 e. The number of aromatic nitrogens is 2. The molecule has 0 radical (unpaired) electrons. The van der Waals surface area contributed by atoms with E-state index < -0.39 is 0 Å². The molecule has 1 fully saturated rings. The Kier molecular flexibility index (Phi) is 3.32. The highest BCUT2D eigenvalue weighted by Gasteiger charge is 2.15. The molecule has 0 unspecified atom stereocenters. The van der Waals surface area contributed by atoms with Gasteiger partial charge in [-0.15, -0.1) is 0 Å². The normalized spacial score (nSPS) is 16.9. The maximum Gasteiger partial charge on any atom is 0.181 e. The highest BCUT2D eigenvalue weighted by Crippen LogP contribution is 2.27. The Bertz CT molecular complexity index is 570. The standard InChI is InChI=1S/C15H21N3O/c1-11-14(16)18-9-5-8-13(15(18)17-11)19-10-12-6-3-2-4-7-12/h5,8-9,12H,2-4,6-7,10,16H2,1H3. The summed E-state index contributed by atoms with van der Waals surface area (Å²) in [6.45, 7) is 2.72. The topological polar surface area (TPSA) is 52.5 Å². The summed E-state index contributed by atoms with van der Waals surface area (Å²) >= 11 is 0. The van der Waals surface area contributed by atoms with Crippen molar-refractivity contribution in [2.24, 2.45) is 5.92 Å². The van der Waals surface area contributed by atoms with E-state index in [9.17, 15) is 0 Å². The van der Waals surface area contributed by atoms with Crippen molar-refractivity contribution in [2.45, 2.75) is 39.0 Å². The van der Waals surface area contributed by atoms with E-state index in [1.807, 2.05) is 29.7 Å². The summed E-state index contributed by atoms with van der Waals surface area (Å²) < 4.78 is 7.88. The molecule has 1 aliphatic carbocycles. The number of ether oxygens (including phenoxy) is 1. The van der Waals surface area contributed by atoms with Crippen molar-refractivity contribution < 1.29 is 4.74 Å². The molecule has 2 aromatic heterocycles. The van der Waals surface area contributed by atoms with Gasteiger partial charge >= 0.3 is 0 Å². The van der Waals surface area contributed by atoms with Gasteiger partial charge in [0.05, 0.1) is 12.3 Å². The number of fused-ring (bicyclic) bond motifs is 1. The first-order valence-electron chi connectivity index (χ1n) is 7.11. The molecule has 1 aliphatic rings. The molecule has 0 saturated heterocycles. The Morgan fingerprint density at radius 2 is 2.16 bits per heavy atom. The number of rotatable bonds is 3. The molecule has 0 aliphatic heterocycles. The van der Waals surface area contributed by atoms with Gasteiger partial charge in [-0.1, -0.05) is 19.3 Å². The highest BCUT2D eigenvalue weighted by molar-refractivity contribution is 5.60. The molecule has 0 aromatic carbocycles. The second kappa shape index (κ2) is 5.11. The van der Waals surface area contributed by atoms with E-state index in [1.165, 1.54) is 32.1 Å². The van der Waals surface area contributed by atoms with Crippen molar-refractivity contribution in [1.82, 2.24) is 9.38 Å². The summed E-state index contributed by atoms with van der Waals surface area (Å²) in [7, 11) is 0. The lowest BCUT2D eigenvalue weighted by Gasteiger charge is -2.21. The molecule has 0 bridgehead atoms. The number of aryl methyl sites for hydroxylation is 1. The SMILES string of the molecule is Cc1nc2c(OCC3CCCCC3)cccn2c1N. The Morgan fingerprint density at radius 1 is 1.37 bits per heavy atom. The monoisotopic (exact) mass is 259 g/mol. The fraction of sp³-hybridized carbons (Fsp3) is 0.533. The lowest BCUT2D eigenvalue weighted by Crippen LogP contribution is -2.15. The summed E-state index contributed by atoms with van der Waals surface area (Å²) in [6, 6.07) is 3.94. The fourth-order valence-electron chi connectivity index (χ4n) is 2.85. The number of hydrogen-bond acceptors (Lipinski definition) is 3. The van der Waals surface area contributed by atoms with Crippen molar-refractivity contribution in [3.8, 4) is 5.75 Å². The molecule has 0 amide bonds. The molecule has 102 valence electrons. The van der Waals surface area contributed by atoms with E-state index in [0.29, 0.717) is 11.7 Å². The summed E-state index contributed by atoms with van der Waals surface area (Å²) in [6.07, 6.45) is 8.57. The van der Waals surface area contributed by atoms with Crippen molar-refractivity contribution in [2.75, 3.05) is 12.3 Å². The van der Waals surface area contributed by atoms with Gasteiger partial charge < -0.3 is 10.5 Å². The quantitative estimate of drug-likeness (QED) is 0.921. The Hall–Kier alpha value is -1.71. The van der Waals surface area contributed by atoms with Crippen LogP contribution in [0.3, 0.4) is 0 Å². The van der Waals surface area contributed by atoms with Gasteiger partial charge in [-0.05, 0) is 37.8 Å². The minimum atomic E-state index is 0.693. The van der Waals surface area contributed by atoms with E-state index in [-0.39, 0.29) is 0 Å². The number of anilines is 1. The predicted molar refractivity (Wildman–Crippen MR) is 76.4 cm³/mol. The smallest absolute Gasteiger partial charge is 0.181 e. The Labute approximate surface area is 113 Å². The van der Waals surface area contributed by atoms with Crippen LogP contribution in [0.15, 0.2) is 18.3 Å². The van der Waals surface area contributed by atoms with Gasteiger partial charge in [0.15, 0.2) is 11.4 Å². The molecular weight excluding hydrogens is 238 g/mol. The second-order valence-corrected chi connectivity index (χ2v) is 5.46. The summed E-state index contributed by atoms with van der Waals surface area (Å²) in [4.78, 5) is 4.49. The maximum atomic E-state index is 5.99. The third-order valence-corrected chi connectivity index (χ3v) is 4.03. The number of nitrogens with zero attached hydrogens (tertiary/aromatic N) is 2. The Balaban J connectivity index is 1.78. The zero-order valence-electron chi connectivity index (χ0n) is 11.4. The molecule has 0 spiro atoms. The van der Waals surface area contributed by atoms with Gasteiger partial charge in [0.25, 0.3) is 0 Å². The van der Waals surface area contributed by atoms with Gasteiger partial charge in [-0.25, -0.2) is 4.98 Å². The van der Waals surface area contributed by atoms with Crippen LogP contribution in [0, 0.1) is 12.8 Å². The molecule has 4 heteroatoms. The molecule has 19 heavy (non-hydrogen) atoms. The number of nitrogens with two attached hydrogens (primary N) is 1. The van der Waals surface area contributed by atoms with Crippen LogP contribution < -0.4 is 10.5 Å². The number of pyridine rings is 1. The highest BCUT2D eigenvalue weighted by atomic mass is 16.5. The van der Waals surface area contributed by atoms with Gasteiger partial charge in [0.1, 0.15) is 5.82 Å². The zero-order chi connectivity index (χ0) is 13.2. The average molecular weight is 259 g/mol. The third kappa shape index (κ3) is 2.39. The minimum Gasteiger partial charge on any atom is -0.489 e. The number of imidazole rings is 1. The molecule has 2 N–H and O–H groups in total. The molecule has 3 rings (SSSR count). The van der Waals surface area contributed by atoms with Gasteiger partial charge in [-0.3, -0.25) is 4.40 Å². The zero-order valence-corrected chi connectivity index (χ0v) is 11.4. The summed E-state index contributed by atoms with van der Waals surface area (Å²) in [5.74, 6) is 2.23. The van der Waals surface area contributed by atoms with Crippen LogP contribution in [0.2, 0.25) is 0 Å². The van der Waals surface area contributed by atoms with Gasteiger partial charge in [0.2, 0.25) is 0 Å². The van der Waals surface area contributed by atoms with Crippen LogP contribution in [-0.4, -0.2) is 16.0 Å². The third-order valence-electron chi connectivity index (χ3n) is 4.03.